The molecule has 0 aliphatic heterocycles. The summed E-state index contributed by atoms with van der Waals surface area (Å²) in [7, 11) is 0. The van der Waals surface area contributed by atoms with Crippen molar-refractivity contribution in [3.63, 3.8) is 0 Å². The molecule has 22 heavy (non-hydrogen) atoms. The number of rotatable bonds is 3. The highest BCUT2D eigenvalue weighted by atomic mass is 16.4. The van der Waals surface area contributed by atoms with Gasteiger partial charge in [-0.2, -0.15) is 0 Å². The van der Waals surface area contributed by atoms with Crippen molar-refractivity contribution in [2.75, 3.05) is 0 Å². The molecule has 0 aliphatic rings. The van der Waals surface area contributed by atoms with Gasteiger partial charge in [0.25, 0.3) is 0 Å². The molecule has 0 unspecified atom stereocenters. The first-order valence-electron chi connectivity index (χ1n) is 7.01. The molecule has 0 radical (unpaired) electrons. The lowest BCUT2D eigenvalue weighted by Crippen LogP contribution is -1.95. The second-order valence-corrected chi connectivity index (χ2v) is 5.33. The van der Waals surface area contributed by atoms with E-state index in [-0.39, 0.29) is 0 Å². The summed E-state index contributed by atoms with van der Waals surface area (Å²) in [5.74, 6) is -0.0796. The summed E-state index contributed by atoms with van der Waals surface area (Å²) in [5.41, 5.74) is 5.52. The molecule has 0 spiro atoms. The van der Waals surface area contributed by atoms with E-state index in [0.717, 1.165) is 33.8 Å². The number of aryl methyl sites for hydroxylation is 2. The van der Waals surface area contributed by atoms with Gasteiger partial charge in [0, 0.05) is 17.5 Å². The van der Waals surface area contributed by atoms with Gasteiger partial charge in [0.05, 0.1) is 5.56 Å². The molecule has 2 aromatic carbocycles. The van der Waals surface area contributed by atoms with E-state index in [0.29, 0.717) is 5.56 Å². The van der Waals surface area contributed by atoms with Crippen molar-refractivity contribution in [3.05, 3.63) is 65.5 Å². The summed E-state index contributed by atoms with van der Waals surface area (Å²) < 4.78 is 0. The van der Waals surface area contributed by atoms with Crippen molar-refractivity contribution in [1.82, 2.24) is 9.97 Å². The Bertz CT molecular complexity index is 833. The topological polar surface area (TPSA) is 66.0 Å². The normalized spacial score (nSPS) is 10.6. The number of carboxylic acid groups (broad SMARTS) is 1. The number of hydrogen-bond acceptors (Lipinski definition) is 2. The van der Waals surface area contributed by atoms with Crippen molar-refractivity contribution >= 4 is 5.97 Å². The highest BCUT2D eigenvalue weighted by Gasteiger charge is 2.08. The van der Waals surface area contributed by atoms with Crippen LogP contribution in [-0.2, 0) is 0 Å². The Kier molecular flexibility index (Phi) is 3.51. The van der Waals surface area contributed by atoms with Gasteiger partial charge in [-0.05, 0) is 48.7 Å². The van der Waals surface area contributed by atoms with Crippen LogP contribution in [0, 0.1) is 13.8 Å². The minimum atomic E-state index is -0.914. The summed E-state index contributed by atoms with van der Waals surface area (Å²) in [5, 5.41) is 8.98. The zero-order valence-electron chi connectivity index (χ0n) is 12.4. The highest BCUT2D eigenvalue weighted by Crippen LogP contribution is 2.28. The Balaban J connectivity index is 2.04. The van der Waals surface area contributed by atoms with Crippen molar-refractivity contribution in [2.45, 2.75) is 13.8 Å². The van der Waals surface area contributed by atoms with E-state index >= 15 is 0 Å². The van der Waals surface area contributed by atoms with Crippen LogP contribution in [0.1, 0.15) is 21.6 Å². The fourth-order valence-corrected chi connectivity index (χ4v) is 2.43. The summed E-state index contributed by atoms with van der Waals surface area (Å²) in [4.78, 5) is 18.5. The monoisotopic (exact) mass is 292 g/mol. The van der Waals surface area contributed by atoms with Gasteiger partial charge in [0.15, 0.2) is 0 Å². The molecule has 3 rings (SSSR count). The third-order valence-electron chi connectivity index (χ3n) is 3.66. The lowest BCUT2D eigenvalue weighted by Gasteiger charge is -2.09. The van der Waals surface area contributed by atoms with Crippen molar-refractivity contribution in [1.29, 1.82) is 0 Å². The van der Waals surface area contributed by atoms with Crippen LogP contribution in [0.25, 0.3) is 22.5 Å². The first-order valence-corrected chi connectivity index (χ1v) is 7.01. The molecule has 0 atom stereocenters. The van der Waals surface area contributed by atoms with E-state index in [1.807, 2.05) is 38.1 Å². The lowest BCUT2D eigenvalue weighted by molar-refractivity contribution is 0.0697. The number of imidazole rings is 1. The van der Waals surface area contributed by atoms with Crippen LogP contribution in [0.4, 0.5) is 0 Å². The fourth-order valence-electron chi connectivity index (χ4n) is 2.43. The zero-order valence-corrected chi connectivity index (χ0v) is 12.4. The average molecular weight is 292 g/mol. The lowest BCUT2D eigenvalue weighted by atomic mass is 9.97. The number of carbonyl (C=O) groups is 1. The van der Waals surface area contributed by atoms with Crippen molar-refractivity contribution in [3.8, 4) is 22.5 Å². The molecule has 110 valence electrons. The molecular weight excluding hydrogens is 276 g/mol. The van der Waals surface area contributed by atoms with Gasteiger partial charge in [-0.3, -0.25) is 0 Å². The number of nitrogens with zero attached hydrogens (tertiary/aromatic N) is 1. The number of hydrogen-bond donors (Lipinski definition) is 2. The maximum Gasteiger partial charge on any atom is 0.335 e. The van der Waals surface area contributed by atoms with E-state index in [1.54, 1.807) is 18.3 Å². The molecule has 1 heterocycles. The average Bonchev–Trinajstić information content (AvgIpc) is 2.94. The molecular formula is C18H16N2O2. The molecule has 0 bridgehead atoms. The molecule has 3 aromatic rings. The first kappa shape index (κ1) is 14.1. The van der Waals surface area contributed by atoms with E-state index in [2.05, 4.69) is 16.0 Å². The molecule has 0 fully saturated rings. The minimum absolute atomic E-state index is 0.291. The molecule has 0 saturated carbocycles. The van der Waals surface area contributed by atoms with Gasteiger partial charge in [-0.1, -0.05) is 24.3 Å². The van der Waals surface area contributed by atoms with Crippen LogP contribution in [-0.4, -0.2) is 21.0 Å². The molecule has 0 amide bonds. The van der Waals surface area contributed by atoms with Gasteiger partial charge >= 0.3 is 5.97 Å². The van der Waals surface area contributed by atoms with Crippen LogP contribution < -0.4 is 0 Å². The molecule has 4 heteroatoms. The maximum absolute atomic E-state index is 10.9. The number of benzene rings is 2. The van der Waals surface area contributed by atoms with Gasteiger partial charge in [-0.25, -0.2) is 9.78 Å². The Morgan fingerprint density at radius 3 is 2.32 bits per heavy atom. The minimum Gasteiger partial charge on any atom is -0.478 e. The molecule has 1 aromatic heterocycles. The first-order chi connectivity index (χ1) is 10.5. The predicted molar refractivity (Wildman–Crippen MR) is 85.9 cm³/mol. The van der Waals surface area contributed by atoms with Crippen LogP contribution in [0.3, 0.4) is 0 Å². The van der Waals surface area contributed by atoms with Gasteiger partial charge < -0.3 is 10.1 Å². The number of aromatic amines is 1. The maximum atomic E-state index is 10.9. The summed E-state index contributed by atoms with van der Waals surface area (Å²) in [6.45, 7) is 4.01. The van der Waals surface area contributed by atoms with E-state index in [1.165, 1.54) is 0 Å². The third-order valence-corrected chi connectivity index (χ3v) is 3.66. The summed E-state index contributed by atoms with van der Waals surface area (Å²) in [6, 6.07) is 13.1. The van der Waals surface area contributed by atoms with Gasteiger partial charge in [-0.15, -0.1) is 0 Å². The smallest absolute Gasteiger partial charge is 0.335 e. The van der Waals surface area contributed by atoms with Crippen LogP contribution in [0.15, 0.2) is 48.7 Å². The number of aromatic nitrogens is 2. The van der Waals surface area contributed by atoms with Crippen LogP contribution >= 0.6 is 0 Å². The second-order valence-electron chi connectivity index (χ2n) is 5.33. The Morgan fingerprint density at radius 2 is 1.73 bits per heavy atom. The predicted octanol–water partition coefficient (Wildman–Crippen LogP) is 4.06. The third kappa shape index (κ3) is 2.63. The van der Waals surface area contributed by atoms with Gasteiger partial charge in [0.2, 0.25) is 0 Å². The largest absolute Gasteiger partial charge is 0.478 e. The number of carboxylic acids is 1. The number of H-pyrrole nitrogens is 1. The SMILES string of the molecule is Cc1cnc(-c2ccc(C)c(-c3ccc(C(=O)O)cc3)c2)[nH]1. The highest BCUT2D eigenvalue weighted by molar-refractivity contribution is 5.88. The van der Waals surface area contributed by atoms with Gasteiger partial charge in [0.1, 0.15) is 5.82 Å². The van der Waals surface area contributed by atoms with Crippen LogP contribution in [0.2, 0.25) is 0 Å². The zero-order chi connectivity index (χ0) is 15.7. The van der Waals surface area contributed by atoms with Crippen molar-refractivity contribution < 1.29 is 9.90 Å². The quantitative estimate of drug-likeness (QED) is 0.765. The Hall–Kier alpha value is -2.88. The molecule has 0 saturated heterocycles. The molecule has 4 nitrogen and oxygen atoms in total. The standard InChI is InChI=1S/C18H16N2O2/c1-11-3-4-15(17-19-10-12(2)20-17)9-16(11)13-5-7-14(8-6-13)18(21)22/h3-10H,1-2H3,(H,19,20)(H,21,22). The number of aromatic carboxylic acids is 1. The summed E-state index contributed by atoms with van der Waals surface area (Å²) >= 11 is 0. The number of nitrogens with one attached hydrogen (secondary N) is 1. The van der Waals surface area contributed by atoms with E-state index in [4.69, 9.17) is 5.11 Å². The van der Waals surface area contributed by atoms with E-state index < -0.39 is 5.97 Å². The van der Waals surface area contributed by atoms with E-state index in [9.17, 15) is 4.79 Å². The fraction of sp³-hybridized carbons (Fsp3) is 0.111. The summed E-state index contributed by atoms with van der Waals surface area (Å²) in [6.07, 6.45) is 1.80. The second kappa shape index (κ2) is 5.48. The van der Waals surface area contributed by atoms with Crippen molar-refractivity contribution in [2.24, 2.45) is 0 Å². The molecule has 2 N–H and O–H groups in total. The van der Waals surface area contributed by atoms with Crippen LogP contribution in [0.5, 0.6) is 0 Å². The Labute approximate surface area is 128 Å². The Morgan fingerprint density at radius 1 is 1.05 bits per heavy atom. The molecule has 0 aliphatic carbocycles.